The first-order valence-corrected chi connectivity index (χ1v) is 7.57. The van der Waals surface area contributed by atoms with Crippen molar-refractivity contribution in [2.75, 3.05) is 19.6 Å². The van der Waals surface area contributed by atoms with Gasteiger partial charge in [-0.15, -0.1) is 0 Å². The number of ether oxygens (including phenoxy) is 1. The lowest BCUT2D eigenvalue weighted by atomic mass is 9.96. The number of rotatable bonds is 6. The monoisotopic (exact) mass is 265 g/mol. The summed E-state index contributed by atoms with van der Waals surface area (Å²) in [4.78, 5) is 2.51. The van der Waals surface area contributed by atoms with Crippen LogP contribution in [-0.2, 0) is 4.74 Å². The van der Waals surface area contributed by atoms with Crippen LogP contribution in [-0.4, -0.2) is 48.3 Å². The van der Waals surface area contributed by atoms with Gasteiger partial charge in [-0.1, -0.05) is 0 Å². The zero-order chi connectivity index (χ0) is 13.9. The molecule has 0 saturated carbocycles. The highest BCUT2D eigenvalue weighted by atomic mass is 16.5. The van der Waals surface area contributed by atoms with Gasteiger partial charge in [-0.3, -0.25) is 10.2 Å². The molecule has 0 aromatic heterocycles. The quantitative estimate of drug-likeness (QED) is 0.797. The highest BCUT2D eigenvalue weighted by molar-refractivity contribution is 5.04. The summed E-state index contributed by atoms with van der Waals surface area (Å²) < 4.78 is 5.84. The van der Waals surface area contributed by atoms with E-state index in [1.165, 1.54) is 12.8 Å². The standard InChI is InChI=1S/C15H27N3O/c1-12(2)17-15(3,11-16)7-4-8-18-9-13-5-6-14(10-18)19-13/h12-14,17H,4-10H2,1-3H3. The molecule has 0 spiro atoms. The summed E-state index contributed by atoms with van der Waals surface area (Å²) in [6, 6.07) is 2.77. The molecule has 2 aliphatic rings. The Morgan fingerprint density at radius 2 is 2.00 bits per heavy atom. The molecule has 2 saturated heterocycles. The Morgan fingerprint density at radius 1 is 1.37 bits per heavy atom. The van der Waals surface area contributed by atoms with E-state index in [1.54, 1.807) is 0 Å². The maximum absolute atomic E-state index is 9.32. The molecule has 0 aliphatic carbocycles. The van der Waals surface area contributed by atoms with E-state index in [4.69, 9.17) is 4.74 Å². The Morgan fingerprint density at radius 3 is 2.53 bits per heavy atom. The van der Waals surface area contributed by atoms with Gasteiger partial charge >= 0.3 is 0 Å². The van der Waals surface area contributed by atoms with Crippen LogP contribution in [0.3, 0.4) is 0 Å². The first kappa shape index (κ1) is 14.8. The first-order valence-electron chi connectivity index (χ1n) is 7.57. The SMILES string of the molecule is CC(C)NC(C)(C#N)CCCN1CC2CCC(C1)O2. The number of hydrogen-bond acceptors (Lipinski definition) is 4. The second-order valence-corrected chi connectivity index (χ2v) is 6.56. The zero-order valence-electron chi connectivity index (χ0n) is 12.5. The third kappa shape index (κ3) is 4.17. The van der Waals surface area contributed by atoms with Crippen LogP contribution in [0.1, 0.15) is 46.5 Å². The summed E-state index contributed by atoms with van der Waals surface area (Å²) in [7, 11) is 0. The summed E-state index contributed by atoms with van der Waals surface area (Å²) in [6.45, 7) is 9.45. The van der Waals surface area contributed by atoms with Crippen LogP contribution in [0, 0.1) is 11.3 Å². The minimum atomic E-state index is -0.389. The van der Waals surface area contributed by atoms with Gasteiger partial charge in [-0.25, -0.2) is 0 Å². The van der Waals surface area contributed by atoms with E-state index in [-0.39, 0.29) is 5.54 Å². The van der Waals surface area contributed by atoms with Gasteiger partial charge in [0.1, 0.15) is 5.54 Å². The van der Waals surface area contributed by atoms with Crippen LogP contribution in [0.5, 0.6) is 0 Å². The minimum absolute atomic E-state index is 0.351. The number of morpholine rings is 1. The van der Waals surface area contributed by atoms with Crippen LogP contribution >= 0.6 is 0 Å². The molecule has 0 radical (unpaired) electrons. The van der Waals surface area contributed by atoms with Crippen molar-refractivity contribution in [3.63, 3.8) is 0 Å². The van der Waals surface area contributed by atoms with Crippen molar-refractivity contribution >= 4 is 0 Å². The lowest BCUT2D eigenvalue weighted by molar-refractivity contribution is -0.0387. The Bertz CT molecular complexity index is 327. The summed E-state index contributed by atoms with van der Waals surface area (Å²) in [5.74, 6) is 0. The van der Waals surface area contributed by atoms with Gasteiger partial charge in [-0.05, 0) is 53.0 Å². The predicted octanol–water partition coefficient (Wildman–Crippen LogP) is 1.91. The van der Waals surface area contributed by atoms with Gasteiger partial charge < -0.3 is 4.74 Å². The van der Waals surface area contributed by atoms with Gasteiger partial charge in [-0.2, -0.15) is 5.26 Å². The van der Waals surface area contributed by atoms with Crippen molar-refractivity contribution in [2.45, 2.75) is 70.2 Å². The van der Waals surface area contributed by atoms with Gasteiger partial charge in [0.05, 0.1) is 18.3 Å². The second-order valence-electron chi connectivity index (χ2n) is 6.56. The van der Waals surface area contributed by atoms with Crippen LogP contribution in [0.25, 0.3) is 0 Å². The van der Waals surface area contributed by atoms with Crippen molar-refractivity contribution in [2.24, 2.45) is 0 Å². The molecule has 2 bridgehead atoms. The number of hydrogen-bond donors (Lipinski definition) is 1. The third-order valence-corrected chi connectivity index (χ3v) is 4.12. The largest absolute Gasteiger partial charge is 0.372 e. The van der Waals surface area contributed by atoms with Crippen LogP contribution in [0.2, 0.25) is 0 Å². The maximum Gasteiger partial charge on any atom is 0.104 e. The van der Waals surface area contributed by atoms with E-state index >= 15 is 0 Å². The Labute approximate surface area is 117 Å². The number of nitrogens with zero attached hydrogens (tertiary/aromatic N) is 2. The predicted molar refractivity (Wildman–Crippen MR) is 75.9 cm³/mol. The number of nitrogens with one attached hydrogen (secondary N) is 1. The molecule has 4 heteroatoms. The molecule has 0 aromatic rings. The normalized spacial score (nSPS) is 30.3. The van der Waals surface area contributed by atoms with Crippen molar-refractivity contribution in [1.82, 2.24) is 10.2 Å². The summed E-state index contributed by atoms with van der Waals surface area (Å²) in [5.41, 5.74) is -0.389. The van der Waals surface area contributed by atoms with Gasteiger partial charge in [0, 0.05) is 19.1 Å². The van der Waals surface area contributed by atoms with E-state index in [0.717, 1.165) is 32.5 Å². The molecule has 2 aliphatic heterocycles. The fourth-order valence-corrected chi connectivity index (χ4v) is 3.34. The maximum atomic E-state index is 9.32. The van der Waals surface area contributed by atoms with Gasteiger partial charge in [0.15, 0.2) is 0 Å². The molecule has 108 valence electrons. The second kappa shape index (κ2) is 6.21. The number of likely N-dealkylation sites (tertiary alicyclic amines) is 1. The molecule has 3 atom stereocenters. The highest BCUT2D eigenvalue weighted by Crippen LogP contribution is 2.26. The van der Waals surface area contributed by atoms with Crippen molar-refractivity contribution in [1.29, 1.82) is 5.26 Å². The van der Waals surface area contributed by atoms with Crippen LogP contribution < -0.4 is 5.32 Å². The summed E-state index contributed by atoms with van der Waals surface area (Å²) >= 11 is 0. The van der Waals surface area contributed by atoms with Gasteiger partial charge in [0.25, 0.3) is 0 Å². The first-order chi connectivity index (χ1) is 9.00. The van der Waals surface area contributed by atoms with Crippen LogP contribution in [0.4, 0.5) is 0 Å². The molecule has 2 rings (SSSR count). The molecule has 19 heavy (non-hydrogen) atoms. The molecule has 1 N–H and O–H groups in total. The zero-order valence-corrected chi connectivity index (χ0v) is 12.5. The van der Waals surface area contributed by atoms with Crippen molar-refractivity contribution in [3.8, 4) is 6.07 Å². The third-order valence-electron chi connectivity index (χ3n) is 4.12. The average Bonchev–Trinajstić information content (AvgIpc) is 2.68. The van der Waals surface area contributed by atoms with Crippen LogP contribution in [0.15, 0.2) is 0 Å². The summed E-state index contributed by atoms with van der Waals surface area (Å²) in [6.07, 6.45) is 5.38. The fourth-order valence-electron chi connectivity index (χ4n) is 3.34. The molecule has 3 unspecified atom stereocenters. The van der Waals surface area contributed by atoms with E-state index in [2.05, 4.69) is 30.1 Å². The topological polar surface area (TPSA) is 48.3 Å². The minimum Gasteiger partial charge on any atom is -0.372 e. The lowest BCUT2D eigenvalue weighted by Gasteiger charge is -2.33. The highest BCUT2D eigenvalue weighted by Gasteiger charge is 2.33. The van der Waals surface area contributed by atoms with E-state index in [9.17, 15) is 5.26 Å². The molecule has 0 aromatic carbocycles. The smallest absolute Gasteiger partial charge is 0.104 e. The molecular formula is C15H27N3O. The molecule has 2 fully saturated rings. The molecule has 2 heterocycles. The summed E-state index contributed by atoms with van der Waals surface area (Å²) in [5, 5.41) is 12.7. The van der Waals surface area contributed by atoms with E-state index in [1.807, 2.05) is 6.92 Å². The average molecular weight is 265 g/mol. The lowest BCUT2D eigenvalue weighted by Crippen LogP contribution is -2.46. The Balaban J connectivity index is 1.72. The molecule has 4 nitrogen and oxygen atoms in total. The molecule has 0 amide bonds. The van der Waals surface area contributed by atoms with E-state index in [0.29, 0.717) is 18.2 Å². The molecular weight excluding hydrogens is 238 g/mol. The Hall–Kier alpha value is -0.630. The Kier molecular flexibility index (Phi) is 4.83. The number of fused-ring (bicyclic) bond motifs is 2. The van der Waals surface area contributed by atoms with Crippen molar-refractivity contribution < 1.29 is 4.74 Å². The fraction of sp³-hybridized carbons (Fsp3) is 0.933. The number of nitriles is 1. The van der Waals surface area contributed by atoms with Crippen molar-refractivity contribution in [3.05, 3.63) is 0 Å². The van der Waals surface area contributed by atoms with Gasteiger partial charge in [0.2, 0.25) is 0 Å². The van der Waals surface area contributed by atoms with E-state index < -0.39 is 0 Å².